The summed E-state index contributed by atoms with van der Waals surface area (Å²) >= 11 is 0. The first-order valence-corrected chi connectivity index (χ1v) is 8.65. The normalized spacial score (nSPS) is 17.1. The maximum atomic E-state index is 12.5. The second-order valence-electron chi connectivity index (χ2n) is 6.84. The third kappa shape index (κ3) is 6.01. The average Bonchev–Trinajstić information content (AvgIpc) is 2.58. The fourth-order valence-corrected chi connectivity index (χ4v) is 3.33. The van der Waals surface area contributed by atoms with E-state index in [0.717, 1.165) is 30.4 Å². The summed E-state index contributed by atoms with van der Waals surface area (Å²) in [5.41, 5.74) is 7.65. The summed E-state index contributed by atoms with van der Waals surface area (Å²) in [7, 11) is 1.37. The number of halogens is 1. The lowest BCUT2D eigenvalue weighted by Crippen LogP contribution is -2.56. The number of aryl methyl sites for hydroxylation is 1. The number of amides is 1. The van der Waals surface area contributed by atoms with E-state index in [2.05, 4.69) is 5.32 Å². The Bertz CT molecular complexity index is 586. The Morgan fingerprint density at radius 2 is 1.96 bits per heavy atom. The largest absolute Gasteiger partial charge is 0.469 e. The molecule has 140 valence electrons. The summed E-state index contributed by atoms with van der Waals surface area (Å²) in [5.74, 6) is -0.875. The zero-order chi connectivity index (χ0) is 17.6. The van der Waals surface area contributed by atoms with Crippen LogP contribution in [-0.4, -0.2) is 31.1 Å². The summed E-state index contributed by atoms with van der Waals surface area (Å²) in [6, 6.07) is 8.01. The summed E-state index contributed by atoms with van der Waals surface area (Å²) in [6.45, 7) is 2.26. The monoisotopic (exact) mass is 368 g/mol. The minimum absolute atomic E-state index is 0. The molecule has 0 bridgehead atoms. The molecule has 1 amide bonds. The number of nitrogens with two attached hydrogens (primary N) is 1. The van der Waals surface area contributed by atoms with Crippen molar-refractivity contribution in [3.63, 3.8) is 0 Å². The van der Waals surface area contributed by atoms with Crippen LogP contribution in [0.4, 0.5) is 0 Å². The average molecular weight is 369 g/mol. The summed E-state index contributed by atoms with van der Waals surface area (Å²) < 4.78 is 4.90. The Labute approximate surface area is 156 Å². The lowest BCUT2D eigenvalue weighted by molar-refractivity contribution is -0.145. The van der Waals surface area contributed by atoms with E-state index in [4.69, 9.17) is 10.5 Å². The molecule has 1 aromatic carbocycles. The quantitative estimate of drug-likeness (QED) is 0.756. The number of benzene rings is 1. The first kappa shape index (κ1) is 21.5. The van der Waals surface area contributed by atoms with E-state index in [1.54, 1.807) is 0 Å². The van der Waals surface area contributed by atoms with Gasteiger partial charge in [0.25, 0.3) is 0 Å². The third-order valence-electron chi connectivity index (χ3n) is 4.81. The maximum absolute atomic E-state index is 12.5. The van der Waals surface area contributed by atoms with Crippen LogP contribution in [0.2, 0.25) is 0 Å². The molecule has 2 rings (SSSR count). The highest BCUT2D eigenvalue weighted by Gasteiger charge is 2.35. The van der Waals surface area contributed by atoms with E-state index in [1.807, 2.05) is 31.2 Å². The van der Waals surface area contributed by atoms with Crippen LogP contribution in [0.3, 0.4) is 0 Å². The molecule has 6 heteroatoms. The number of carbonyl (C=O) groups is 2. The number of carbonyl (C=O) groups excluding carboxylic acids is 2. The summed E-state index contributed by atoms with van der Waals surface area (Å²) in [5, 5.41) is 2.88. The Morgan fingerprint density at radius 1 is 1.28 bits per heavy atom. The van der Waals surface area contributed by atoms with Crippen LogP contribution < -0.4 is 11.1 Å². The first-order chi connectivity index (χ1) is 11.4. The molecule has 0 saturated heterocycles. The minimum atomic E-state index is -0.789. The van der Waals surface area contributed by atoms with E-state index in [0.29, 0.717) is 19.3 Å². The molecule has 1 unspecified atom stereocenters. The van der Waals surface area contributed by atoms with Gasteiger partial charge in [-0.05, 0) is 31.7 Å². The molecule has 0 radical (unpaired) electrons. The second-order valence-corrected chi connectivity index (χ2v) is 6.84. The van der Waals surface area contributed by atoms with Crippen molar-refractivity contribution in [3.05, 3.63) is 35.4 Å². The third-order valence-corrected chi connectivity index (χ3v) is 4.81. The van der Waals surface area contributed by atoms with Crippen LogP contribution in [0.1, 0.15) is 43.2 Å². The van der Waals surface area contributed by atoms with Crippen LogP contribution in [0, 0.1) is 12.8 Å². The van der Waals surface area contributed by atoms with Gasteiger partial charge in [-0.3, -0.25) is 9.59 Å². The molecule has 1 aromatic rings. The molecule has 1 fully saturated rings. The smallest absolute Gasteiger partial charge is 0.310 e. The van der Waals surface area contributed by atoms with Gasteiger partial charge in [0.1, 0.15) is 0 Å². The molecule has 1 aliphatic carbocycles. The van der Waals surface area contributed by atoms with Crippen molar-refractivity contribution in [2.24, 2.45) is 11.7 Å². The van der Waals surface area contributed by atoms with Crippen molar-refractivity contribution in [2.45, 2.75) is 51.0 Å². The fraction of sp³-hybridized carbons (Fsp3) is 0.579. The minimum Gasteiger partial charge on any atom is -0.469 e. The molecule has 0 heterocycles. The number of esters is 1. The van der Waals surface area contributed by atoms with Crippen LogP contribution in [-0.2, 0) is 20.7 Å². The summed E-state index contributed by atoms with van der Waals surface area (Å²) in [4.78, 5) is 24.5. The van der Waals surface area contributed by atoms with Crippen LogP contribution in [0.5, 0.6) is 0 Å². The molecule has 25 heavy (non-hydrogen) atoms. The molecule has 0 aliphatic heterocycles. The Hall–Kier alpha value is -1.59. The van der Waals surface area contributed by atoms with E-state index < -0.39 is 11.5 Å². The van der Waals surface area contributed by atoms with Gasteiger partial charge in [-0.15, -0.1) is 12.4 Å². The SMILES string of the molecule is COC(=O)C(CNC(=O)C1(N)CCCCC1)Cc1cccc(C)c1.Cl. The molecule has 1 saturated carbocycles. The van der Waals surface area contributed by atoms with Gasteiger partial charge < -0.3 is 15.8 Å². The van der Waals surface area contributed by atoms with E-state index in [9.17, 15) is 9.59 Å². The van der Waals surface area contributed by atoms with Crippen molar-refractivity contribution in [2.75, 3.05) is 13.7 Å². The first-order valence-electron chi connectivity index (χ1n) is 8.65. The zero-order valence-corrected chi connectivity index (χ0v) is 15.9. The van der Waals surface area contributed by atoms with Crippen molar-refractivity contribution >= 4 is 24.3 Å². The highest BCUT2D eigenvalue weighted by Crippen LogP contribution is 2.26. The van der Waals surface area contributed by atoms with Gasteiger partial charge >= 0.3 is 5.97 Å². The molecular formula is C19H29ClN2O3. The van der Waals surface area contributed by atoms with Crippen molar-refractivity contribution in [3.8, 4) is 0 Å². The van der Waals surface area contributed by atoms with Gasteiger partial charge in [-0.1, -0.05) is 49.1 Å². The van der Waals surface area contributed by atoms with Gasteiger partial charge in [0.2, 0.25) is 5.91 Å². The van der Waals surface area contributed by atoms with Gasteiger partial charge in [-0.25, -0.2) is 0 Å². The molecule has 0 spiro atoms. The Kier molecular flexibility index (Phi) is 8.39. The van der Waals surface area contributed by atoms with Crippen molar-refractivity contribution in [1.82, 2.24) is 5.32 Å². The number of methoxy groups -OCH3 is 1. The molecule has 1 aliphatic rings. The van der Waals surface area contributed by atoms with Gasteiger partial charge in [0, 0.05) is 6.54 Å². The highest BCUT2D eigenvalue weighted by molar-refractivity contribution is 5.86. The number of hydrogen-bond acceptors (Lipinski definition) is 4. The predicted molar refractivity (Wildman–Crippen MR) is 101 cm³/mol. The van der Waals surface area contributed by atoms with Gasteiger partial charge in [-0.2, -0.15) is 0 Å². The second kappa shape index (κ2) is 9.78. The predicted octanol–water partition coefficient (Wildman–Crippen LogP) is 2.53. The van der Waals surface area contributed by atoms with E-state index in [-0.39, 0.29) is 30.8 Å². The lowest BCUT2D eigenvalue weighted by atomic mass is 9.82. The fourth-order valence-electron chi connectivity index (χ4n) is 3.33. The Balaban J connectivity index is 0.00000312. The number of rotatable bonds is 6. The van der Waals surface area contributed by atoms with Crippen molar-refractivity contribution in [1.29, 1.82) is 0 Å². The van der Waals surface area contributed by atoms with Crippen LogP contribution in [0.25, 0.3) is 0 Å². The molecular weight excluding hydrogens is 340 g/mol. The maximum Gasteiger partial charge on any atom is 0.310 e. The van der Waals surface area contributed by atoms with E-state index >= 15 is 0 Å². The number of nitrogens with one attached hydrogen (secondary N) is 1. The lowest BCUT2D eigenvalue weighted by Gasteiger charge is -2.32. The van der Waals surface area contributed by atoms with Crippen molar-refractivity contribution < 1.29 is 14.3 Å². The molecule has 0 aromatic heterocycles. The molecule has 1 atom stereocenters. The summed E-state index contributed by atoms with van der Waals surface area (Å²) in [6.07, 6.45) is 5.04. The highest BCUT2D eigenvalue weighted by atomic mass is 35.5. The van der Waals surface area contributed by atoms with Crippen LogP contribution in [0.15, 0.2) is 24.3 Å². The van der Waals surface area contributed by atoms with Gasteiger partial charge in [0.05, 0.1) is 18.6 Å². The zero-order valence-electron chi connectivity index (χ0n) is 15.0. The number of ether oxygens (including phenoxy) is 1. The molecule has 5 nitrogen and oxygen atoms in total. The van der Waals surface area contributed by atoms with E-state index in [1.165, 1.54) is 7.11 Å². The van der Waals surface area contributed by atoms with Crippen LogP contribution >= 0.6 is 12.4 Å². The standard InChI is InChI=1S/C19H28N2O3.ClH/c1-14-7-6-8-15(11-14)12-16(17(22)24-2)13-21-18(23)19(20)9-4-3-5-10-19;/h6-8,11,16H,3-5,9-10,12-13,20H2,1-2H3,(H,21,23);1H. The molecule has 3 N–H and O–H groups in total. The van der Waals surface area contributed by atoms with Gasteiger partial charge in [0.15, 0.2) is 0 Å². The topological polar surface area (TPSA) is 81.4 Å². The Morgan fingerprint density at radius 3 is 2.56 bits per heavy atom. The number of hydrogen-bond donors (Lipinski definition) is 2.